The molecule has 1 saturated heterocycles. The predicted octanol–water partition coefficient (Wildman–Crippen LogP) is 1.29. The summed E-state index contributed by atoms with van der Waals surface area (Å²) >= 11 is 0. The summed E-state index contributed by atoms with van der Waals surface area (Å²) in [4.78, 5) is 2.41. The second kappa shape index (κ2) is 7.19. The molecule has 1 atom stereocenters. The van der Waals surface area contributed by atoms with Crippen LogP contribution in [0.2, 0.25) is 0 Å². The highest BCUT2D eigenvalue weighted by Crippen LogP contribution is 2.32. The van der Waals surface area contributed by atoms with E-state index in [4.69, 9.17) is 10.00 Å². The molecule has 0 bridgehead atoms. The third-order valence-corrected chi connectivity index (χ3v) is 6.37. The fraction of sp³-hybridized carbons (Fsp3) is 0.588. The van der Waals surface area contributed by atoms with E-state index in [1.807, 2.05) is 13.1 Å². The number of nitriles is 1. The predicted molar refractivity (Wildman–Crippen MR) is 89.9 cm³/mol. The number of hydrogen-bond acceptors (Lipinski definition) is 5. The number of nitrogens with zero attached hydrogens (tertiary/aromatic N) is 3. The van der Waals surface area contributed by atoms with E-state index in [9.17, 15) is 8.42 Å². The van der Waals surface area contributed by atoms with Crippen LogP contribution in [0.4, 0.5) is 0 Å². The van der Waals surface area contributed by atoms with Crippen molar-refractivity contribution < 1.29 is 13.2 Å². The maximum atomic E-state index is 13.0. The molecule has 1 saturated carbocycles. The largest absolute Gasteiger partial charge is 0.374 e. The number of hydrogen-bond donors (Lipinski definition) is 0. The zero-order valence-electron chi connectivity index (χ0n) is 13.9. The van der Waals surface area contributed by atoms with Gasteiger partial charge in [-0.2, -0.15) is 9.57 Å². The molecule has 0 spiro atoms. The Morgan fingerprint density at radius 1 is 1.29 bits per heavy atom. The molecule has 0 radical (unpaired) electrons. The van der Waals surface area contributed by atoms with Gasteiger partial charge in [-0.25, -0.2) is 8.42 Å². The quantitative estimate of drug-likeness (QED) is 0.774. The minimum Gasteiger partial charge on any atom is -0.374 e. The second-order valence-electron chi connectivity index (χ2n) is 6.66. The van der Waals surface area contributed by atoms with Crippen molar-refractivity contribution >= 4 is 10.0 Å². The lowest BCUT2D eigenvalue weighted by molar-refractivity contribution is -0.0268. The van der Waals surface area contributed by atoms with Crippen molar-refractivity contribution in [3.05, 3.63) is 29.8 Å². The minimum absolute atomic E-state index is 0.101. The van der Waals surface area contributed by atoms with Gasteiger partial charge in [-0.05, 0) is 50.1 Å². The summed E-state index contributed by atoms with van der Waals surface area (Å²) in [5.74, 6) is 0.458. The molecule has 0 aromatic heterocycles. The SMILES string of the molecule is CN1CCO[C@@H](CN(CC2CC2)S(=O)(=O)c2ccc(C#N)cc2)C1. The molecule has 130 valence electrons. The Balaban J connectivity index is 1.79. The van der Waals surface area contributed by atoms with Gasteiger partial charge < -0.3 is 9.64 Å². The van der Waals surface area contributed by atoms with E-state index in [1.165, 1.54) is 12.1 Å². The molecule has 1 heterocycles. The van der Waals surface area contributed by atoms with Crippen molar-refractivity contribution in [1.82, 2.24) is 9.21 Å². The van der Waals surface area contributed by atoms with Crippen molar-refractivity contribution in [2.75, 3.05) is 39.8 Å². The average molecular weight is 349 g/mol. The first kappa shape index (κ1) is 17.4. The van der Waals surface area contributed by atoms with Gasteiger partial charge >= 0.3 is 0 Å². The van der Waals surface area contributed by atoms with Crippen LogP contribution in [0, 0.1) is 17.2 Å². The lowest BCUT2D eigenvalue weighted by Gasteiger charge is -2.33. The minimum atomic E-state index is -3.57. The molecule has 24 heavy (non-hydrogen) atoms. The molecule has 0 unspecified atom stereocenters. The Labute approximate surface area is 143 Å². The Kier molecular flexibility index (Phi) is 5.21. The Morgan fingerprint density at radius 2 is 2.00 bits per heavy atom. The fourth-order valence-corrected chi connectivity index (χ4v) is 4.46. The van der Waals surface area contributed by atoms with Crippen LogP contribution < -0.4 is 0 Å². The lowest BCUT2D eigenvalue weighted by atomic mass is 10.2. The normalized spacial score (nSPS) is 22.5. The summed E-state index contributed by atoms with van der Waals surface area (Å²) in [5, 5.41) is 8.88. The average Bonchev–Trinajstić information content (AvgIpc) is 3.38. The van der Waals surface area contributed by atoms with Crippen molar-refractivity contribution in [2.24, 2.45) is 5.92 Å². The van der Waals surface area contributed by atoms with E-state index in [0.717, 1.165) is 25.9 Å². The molecule has 7 heteroatoms. The van der Waals surface area contributed by atoms with E-state index in [2.05, 4.69) is 4.90 Å². The summed E-state index contributed by atoms with van der Waals surface area (Å²) < 4.78 is 33.4. The molecule has 3 rings (SSSR count). The molecule has 1 aromatic rings. The molecule has 1 aliphatic carbocycles. The van der Waals surface area contributed by atoms with Gasteiger partial charge in [-0.15, -0.1) is 0 Å². The molecule has 6 nitrogen and oxygen atoms in total. The third kappa shape index (κ3) is 4.14. The van der Waals surface area contributed by atoms with Gasteiger partial charge in [0.05, 0.1) is 29.2 Å². The van der Waals surface area contributed by atoms with Gasteiger partial charge in [0, 0.05) is 26.2 Å². The molecule has 0 amide bonds. The third-order valence-electron chi connectivity index (χ3n) is 4.53. The van der Waals surface area contributed by atoms with Gasteiger partial charge in [-0.1, -0.05) is 0 Å². The topological polar surface area (TPSA) is 73.6 Å². The number of sulfonamides is 1. The smallest absolute Gasteiger partial charge is 0.243 e. The van der Waals surface area contributed by atoms with E-state index in [-0.39, 0.29) is 11.0 Å². The Bertz CT molecular complexity index is 708. The summed E-state index contributed by atoms with van der Waals surface area (Å²) in [7, 11) is -1.55. The number of benzene rings is 1. The van der Waals surface area contributed by atoms with Crippen molar-refractivity contribution in [3.63, 3.8) is 0 Å². The second-order valence-corrected chi connectivity index (χ2v) is 8.59. The first-order valence-corrected chi connectivity index (χ1v) is 9.73. The van der Waals surface area contributed by atoms with Crippen molar-refractivity contribution in [3.8, 4) is 6.07 Å². The molecular weight excluding hydrogens is 326 g/mol. The van der Waals surface area contributed by atoms with Crippen molar-refractivity contribution in [2.45, 2.75) is 23.8 Å². The summed E-state index contributed by atoms with van der Waals surface area (Å²) in [6, 6.07) is 8.14. The highest BCUT2D eigenvalue weighted by Gasteiger charge is 2.34. The van der Waals surface area contributed by atoms with Crippen LogP contribution in [-0.2, 0) is 14.8 Å². The Hall–Kier alpha value is -1.46. The summed E-state index contributed by atoms with van der Waals surface area (Å²) in [6.07, 6.45) is 2.07. The summed E-state index contributed by atoms with van der Waals surface area (Å²) in [5.41, 5.74) is 0.458. The maximum absolute atomic E-state index is 13.0. The van der Waals surface area contributed by atoms with Crippen LogP contribution in [0.25, 0.3) is 0 Å². The molecule has 1 aliphatic heterocycles. The van der Waals surface area contributed by atoms with Gasteiger partial charge in [0.15, 0.2) is 0 Å². The van der Waals surface area contributed by atoms with Crippen LogP contribution in [0.1, 0.15) is 18.4 Å². The van der Waals surface area contributed by atoms with Crippen LogP contribution in [0.15, 0.2) is 29.2 Å². The van der Waals surface area contributed by atoms with Crippen LogP contribution in [0.5, 0.6) is 0 Å². The van der Waals surface area contributed by atoms with Crippen LogP contribution in [0.3, 0.4) is 0 Å². The monoisotopic (exact) mass is 349 g/mol. The molecule has 1 aromatic carbocycles. The highest BCUT2D eigenvalue weighted by molar-refractivity contribution is 7.89. The summed E-state index contributed by atoms with van der Waals surface area (Å²) in [6.45, 7) is 3.18. The lowest BCUT2D eigenvalue weighted by Crippen LogP contribution is -2.48. The van der Waals surface area contributed by atoms with Crippen LogP contribution >= 0.6 is 0 Å². The molecule has 2 fully saturated rings. The fourth-order valence-electron chi connectivity index (χ4n) is 2.91. The van der Waals surface area contributed by atoms with Crippen molar-refractivity contribution in [1.29, 1.82) is 5.26 Å². The Morgan fingerprint density at radius 3 is 2.58 bits per heavy atom. The van der Waals surface area contributed by atoms with E-state index < -0.39 is 10.0 Å². The van der Waals surface area contributed by atoms with E-state index in [0.29, 0.717) is 31.2 Å². The molecule has 0 N–H and O–H groups in total. The van der Waals surface area contributed by atoms with E-state index in [1.54, 1.807) is 16.4 Å². The van der Waals surface area contributed by atoms with Gasteiger partial charge in [0.25, 0.3) is 0 Å². The molecular formula is C17H23N3O3S. The van der Waals surface area contributed by atoms with Gasteiger partial charge in [0.1, 0.15) is 0 Å². The van der Waals surface area contributed by atoms with Gasteiger partial charge in [-0.3, -0.25) is 0 Å². The first-order chi connectivity index (χ1) is 11.5. The number of morpholine rings is 1. The number of ether oxygens (including phenoxy) is 1. The number of rotatable bonds is 6. The zero-order valence-corrected chi connectivity index (χ0v) is 14.7. The standard InChI is InChI=1S/C17H23N3O3S/c1-19-8-9-23-16(12-19)13-20(11-15-2-3-15)24(21,22)17-6-4-14(10-18)5-7-17/h4-7,15-16H,2-3,8-9,11-13H2,1H3/t16-/m1/s1. The van der Waals surface area contributed by atoms with E-state index >= 15 is 0 Å². The highest BCUT2D eigenvalue weighted by atomic mass is 32.2. The van der Waals surface area contributed by atoms with Crippen LogP contribution in [-0.4, -0.2) is 63.6 Å². The maximum Gasteiger partial charge on any atom is 0.243 e. The van der Waals surface area contributed by atoms with Gasteiger partial charge in [0.2, 0.25) is 10.0 Å². The first-order valence-electron chi connectivity index (χ1n) is 8.29. The number of likely N-dealkylation sites (N-methyl/N-ethyl adjacent to an activating group) is 1. The molecule has 2 aliphatic rings. The zero-order chi connectivity index (χ0) is 17.2.